The number of quaternary nitrogens is 2. The van der Waals surface area contributed by atoms with E-state index >= 15 is 0 Å². The normalized spacial score (nSPS) is 12.5. The second kappa shape index (κ2) is 17.4. The molecule has 158 valence electrons. The first-order valence-electron chi connectivity index (χ1n) is 9.68. The van der Waals surface area contributed by atoms with Crippen LogP contribution in [0.15, 0.2) is 60.7 Å². The summed E-state index contributed by atoms with van der Waals surface area (Å²) in [4.78, 5) is 3.15. The molecule has 0 aliphatic carbocycles. The molecule has 0 heterocycles. The maximum Gasteiger partial charge on any atom is 0.103 e. The first kappa shape index (κ1) is 27.5. The zero-order chi connectivity index (χ0) is 18.5. The van der Waals surface area contributed by atoms with Crippen LogP contribution in [0.4, 0.5) is 0 Å². The van der Waals surface area contributed by atoms with Crippen molar-refractivity contribution in [2.75, 3.05) is 37.9 Å². The Hall–Kier alpha value is -0.480. The lowest BCUT2D eigenvalue weighted by atomic mass is 10.2. The van der Waals surface area contributed by atoms with E-state index in [9.17, 15) is 0 Å². The van der Waals surface area contributed by atoms with E-state index in [4.69, 9.17) is 23.2 Å². The minimum atomic E-state index is 0. The first-order valence-corrected chi connectivity index (χ1v) is 10.8. The van der Waals surface area contributed by atoms with E-state index in [1.165, 1.54) is 37.1 Å². The lowest BCUT2D eigenvalue weighted by molar-refractivity contribution is -0.918. The maximum atomic E-state index is 6.02. The van der Waals surface area contributed by atoms with E-state index in [2.05, 4.69) is 60.7 Å². The Labute approximate surface area is 193 Å². The molecule has 2 nitrogen and oxygen atoms in total. The van der Waals surface area contributed by atoms with Crippen LogP contribution in [-0.2, 0) is 13.1 Å². The Morgan fingerprint density at radius 2 is 0.893 bits per heavy atom. The Kier molecular flexibility index (Phi) is 17.1. The van der Waals surface area contributed by atoms with Crippen LogP contribution in [0.3, 0.4) is 0 Å². The molecule has 2 unspecified atom stereocenters. The number of benzene rings is 2. The molecule has 0 bridgehead atoms. The minimum Gasteiger partial charge on any atom is -1.00 e. The van der Waals surface area contributed by atoms with Crippen molar-refractivity contribution in [3.05, 3.63) is 71.8 Å². The van der Waals surface area contributed by atoms with Gasteiger partial charge in [-0.3, -0.25) is 0 Å². The predicted octanol–water partition coefficient (Wildman–Crippen LogP) is -3.58. The van der Waals surface area contributed by atoms with Crippen LogP contribution in [0.25, 0.3) is 0 Å². The van der Waals surface area contributed by atoms with E-state index in [-0.39, 0.29) is 24.8 Å². The van der Waals surface area contributed by atoms with Crippen LogP contribution in [0.5, 0.6) is 0 Å². The molecule has 0 aliphatic heterocycles. The molecule has 0 aromatic heterocycles. The summed E-state index contributed by atoms with van der Waals surface area (Å²) in [5.41, 5.74) is 2.79. The van der Waals surface area contributed by atoms with Crippen molar-refractivity contribution in [3.8, 4) is 0 Å². The number of hydrogen-bond acceptors (Lipinski definition) is 0. The van der Waals surface area contributed by atoms with Gasteiger partial charge in [-0.25, -0.2) is 0 Å². The van der Waals surface area contributed by atoms with Gasteiger partial charge in [0.1, 0.15) is 13.1 Å². The van der Waals surface area contributed by atoms with Crippen molar-refractivity contribution in [3.63, 3.8) is 0 Å². The molecule has 0 radical (unpaired) electrons. The van der Waals surface area contributed by atoms with Crippen LogP contribution in [-0.4, -0.2) is 37.9 Å². The molecule has 0 saturated heterocycles. The highest BCUT2D eigenvalue weighted by atomic mass is 35.5. The molecule has 0 aliphatic rings. The monoisotopic (exact) mass is 464 g/mol. The molecule has 0 amide bonds. The van der Waals surface area contributed by atoms with Crippen molar-refractivity contribution in [1.29, 1.82) is 0 Å². The number of hydrogen-bond donors (Lipinski definition) is 2. The van der Waals surface area contributed by atoms with E-state index in [0.29, 0.717) is 0 Å². The highest BCUT2D eigenvalue weighted by Crippen LogP contribution is 1.97. The third kappa shape index (κ3) is 11.5. The Morgan fingerprint density at radius 3 is 1.21 bits per heavy atom. The van der Waals surface area contributed by atoms with Crippen LogP contribution < -0.4 is 34.6 Å². The van der Waals surface area contributed by atoms with Gasteiger partial charge in [0.25, 0.3) is 0 Å². The van der Waals surface area contributed by atoms with Crippen LogP contribution in [0.2, 0.25) is 0 Å². The lowest BCUT2D eigenvalue weighted by Gasteiger charge is -2.21. The Bertz CT molecular complexity index is 530. The molecule has 2 atom stereocenters. The summed E-state index contributed by atoms with van der Waals surface area (Å²) in [6.07, 6.45) is 2.47. The van der Waals surface area contributed by atoms with Gasteiger partial charge < -0.3 is 34.6 Å². The second-order valence-electron chi connectivity index (χ2n) is 6.91. The van der Waals surface area contributed by atoms with Crippen molar-refractivity contribution in [1.82, 2.24) is 0 Å². The van der Waals surface area contributed by atoms with Gasteiger partial charge in [-0.1, -0.05) is 60.7 Å². The average Bonchev–Trinajstić information content (AvgIpc) is 2.67. The molecule has 0 spiro atoms. The molecule has 28 heavy (non-hydrogen) atoms. The van der Waals surface area contributed by atoms with E-state index in [0.717, 1.165) is 37.9 Å². The largest absolute Gasteiger partial charge is 1.00 e. The van der Waals surface area contributed by atoms with Gasteiger partial charge in [-0.15, -0.1) is 23.2 Å². The number of rotatable bonds is 13. The fourth-order valence-corrected chi connectivity index (χ4v) is 3.92. The molecule has 2 rings (SSSR count). The number of halogens is 4. The minimum absolute atomic E-state index is 0. The van der Waals surface area contributed by atoms with Crippen LogP contribution in [0, 0.1) is 0 Å². The summed E-state index contributed by atoms with van der Waals surface area (Å²) >= 11 is 12.0. The van der Waals surface area contributed by atoms with Gasteiger partial charge in [0.15, 0.2) is 0 Å². The number of unbranched alkanes of at least 4 members (excludes halogenated alkanes) is 1. The molecule has 2 N–H and O–H groups in total. The van der Waals surface area contributed by atoms with Crippen molar-refractivity contribution >= 4 is 23.2 Å². The smallest absolute Gasteiger partial charge is 0.103 e. The SMILES string of the molecule is ClCC[NH+](CCCC[NH+](CCCl)Cc1ccccc1)Cc1ccccc1.[Cl-].[Cl-]. The second-order valence-corrected chi connectivity index (χ2v) is 7.67. The summed E-state index contributed by atoms with van der Waals surface area (Å²) in [5.74, 6) is 1.44. The highest BCUT2D eigenvalue weighted by Gasteiger charge is 2.12. The number of alkyl halides is 2. The quantitative estimate of drug-likeness (QED) is 0.223. The summed E-state index contributed by atoms with van der Waals surface area (Å²) in [7, 11) is 0. The lowest BCUT2D eigenvalue weighted by Crippen LogP contribution is -3.12. The van der Waals surface area contributed by atoms with Crippen molar-refractivity contribution < 1.29 is 34.6 Å². The summed E-state index contributed by atoms with van der Waals surface area (Å²) in [5, 5.41) is 0. The molecule has 0 fully saturated rings. The molecule has 2 aromatic rings. The summed E-state index contributed by atoms with van der Waals surface area (Å²) in [6, 6.07) is 21.4. The Morgan fingerprint density at radius 1 is 0.536 bits per heavy atom. The highest BCUT2D eigenvalue weighted by molar-refractivity contribution is 6.18. The van der Waals surface area contributed by atoms with E-state index < -0.39 is 0 Å². The first-order chi connectivity index (χ1) is 12.8. The Balaban J connectivity index is 0.00000364. The van der Waals surface area contributed by atoms with Gasteiger partial charge >= 0.3 is 0 Å². The van der Waals surface area contributed by atoms with Crippen molar-refractivity contribution in [2.45, 2.75) is 25.9 Å². The third-order valence-corrected chi connectivity index (χ3v) is 5.18. The van der Waals surface area contributed by atoms with Gasteiger partial charge in [0, 0.05) is 24.0 Å². The molecular weight excluding hydrogens is 434 g/mol. The van der Waals surface area contributed by atoms with Gasteiger partial charge in [0.05, 0.1) is 37.9 Å². The molecule has 2 aromatic carbocycles. The van der Waals surface area contributed by atoms with E-state index in [1.807, 2.05) is 0 Å². The summed E-state index contributed by atoms with van der Waals surface area (Å²) < 4.78 is 0. The van der Waals surface area contributed by atoms with E-state index in [1.54, 1.807) is 9.80 Å². The number of nitrogens with one attached hydrogen (secondary N) is 2. The molecule has 0 saturated carbocycles. The summed E-state index contributed by atoms with van der Waals surface area (Å²) in [6.45, 7) is 6.55. The maximum absolute atomic E-state index is 6.02. The fourth-order valence-electron chi connectivity index (χ4n) is 3.39. The standard InChI is InChI=1S/C22H30Cl2N2.2ClH/c23-13-17-25(19-21-9-3-1-4-10-21)15-7-8-16-26(18-14-24)20-22-11-5-2-6-12-22;;/h1-6,9-12H,7-8,13-20H2;2*1H. The predicted molar refractivity (Wildman–Crippen MR) is 112 cm³/mol. The molecule has 6 heteroatoms. The third-order valence-electron chi connectivity index (χ3n) is 4.80. The van der Waals surface area contributed by atoms with Gasteiger partial charge in [0.2, 0.25) is 0 Å². The zero-order valence-corrected chi connectivity index (χ0v) is 19.4. The average molecular weight is 466 g/mol. The fraction of sp³-hybridized carbons (Fsp3) is 0.455. The van der Waals surface area contributed by atoms with Crippen LogP contribution in [0.1, 0.15) is 24.0 Å². The molecular formula is C22H32Cl4N2. The van der Waals surface area contributed by atoms with Gasteiger partial charge in [-0.05, 0) is 0 Å². The zero-order valence-electron chi connectivity index (χ0n) is 16.4. The van der Waals surface area contributed by atoms with Crippen LogP contribution >= 0.6 is 23.2 Å². The van der Waals surface area contributed by atoms with Gasteiger partial charge in [-0.2, -0.15) is 0 Å². The van der Waals surface area contributed by atoms with Crippen molar-refractivity contribution in [2.24, 2.45) is 0 Å². The topological polar surface area (TPSA) is 8.88 Å².